The Kier molecular flexibility index (Phi) is 8.38. The van der Waals surface area contributed by atoms with Gasteiger partial charge in [-0.05, 0) is 94.3 Å². The van der Waals surface area contributed by atoms with Gasteiger partial charge in [-0.3, -0.25) is 9.69 Å². The van der Waals surface area contributed by atoms with Gasteiger partial charge < -0.3 is 15.2 Å². The standard InChI is InChI=1S/C31H40N2O4/c1-5-6-17-33-18-16-25(20-33)36-24-13-10-21(11-14-24)28-26-15-12-23(19-22(26)8-7-9-27(28)32)29(34)30(35)37-31(2,3)4/h10-15,19,25H,5-9,16-18,20,32H2,1-4H3. The molecule has 4 rings (SSSR count). The highest BCUT2D eigenvalue weighted by atomic mass is 16.6. The summed E-state index contributed by atoms with van der Waals surface area (Å²) in [5, 5.41) is 0. The number of hydrogen-bond acceptors (Lipinski definition) is 6. The van der Waals surface area contributed by atoms with Crippen molar-refractivity contribution in [2.45, 2.75) is 77.9 Å². The van der Waals surface area contributed by atoms with Gasteiger partial charge in [0, 0.05) is 29.9 Å². The molecule has 0 saturated carbocycles. The van der Waals surface area contributed by atoms with E-state index in [0.717, 1.165) is 79.0 Å². The fraction of sp³-hybridized carbons (Fsp3) is 0.484. The van der Waals surface area contributed by atoms with Crippen LogP contribution in [0.2, 0.25) is 0 Å². The van der Waals surface area contributed by atoms with E-state index in [1.165, 1.54) is 12.8 Å². The van der Waals surface area contributed by atoms with Crippen molar-refractivity contribution in [2.75, 3.05) is 19.6 Å². The molecule has 37 heavy (non-hydrogen) atoms. The first-order chi connectivity index (χ1) is 17.6. The summed E-state index contributed by atoms with van der Waals surface area (Å²) in [5.41, 5.74) is 11.1. The first-order valence-electron chi connectivity index (χ1n) is 13.5. The molecule has 2 aromatic rings. The average molecular weight is 505 g/mol. The van der Waals surface area contributed by atoms with Crippen LogP contribution in [0.4, 0.5) is 0 Å². The Labute approximate surface area is 220 Å². The summed E-state index contributed by atoms with van der Waals surface area (Å²) in [7, 11) is 0. The summed E-state index contributed by atoms with van der Waals surface area (Å²) in [6.07, 6.45) is 6.17. The fourth-order valence-corrected chi connectivity index (χ4v) is 5.11. The highest BCUT2D eigenvalue weighted by molar-refractivity contribution is 6.40. The topological polar surface area (TPSA) is 81.9 Å². The third-order valence-corrected chi connectivity index (χ3v) is 6.94. The number of nitrogens with zero attached hydrogens (tertiary/aromatic N) is 1. The zero-order valence-corrected chi connectivity index (χ0v) is 22.6. The third-order valence-electron chi connectivity index (χ3n) is 6.94. The summed E-state index contributed by atoms with van der Waals surface area (Å²) < 4.78 is 11.6. The van der Waals surface area contributed by atoms with Gasteiger partial charge in [0.1, 0.15) is 17.5 Å². The van der Waals surface area contributed by atoms with E-state index >= 15 is 0 Å². The number of fused-ring (bicyclic) bond motifs is 1. The van der Waals surface area contributed by atoms with Crippen LogP contribution in [0.15, 0.2) is 48.2 Å². The SMILES string of the molecule is CCCCN1CCC(Oc2ccc(C3=C(N)CCCc4cc(C(=O)C(=O)OC(C)(C)C)ccc43)cc2)C1. The molecule has 0 radical (unpaired) electrons. The fourth-order valence-electron chi connectivity index (χ4n) is 5.11. The number of unbranched alkanes of at least 4 members (excludes halogenated alkanes) is 1. The maximum Gasteiger partial charge on any atom is 0.380 e. The second kappa shape index (κ2) is 11.5. The van der Waals surface area contributed by atoms with Gasteiger partial charge in [0.15, 0.2) is 0 Å². The molecule has 1 aliphatic heterocycles. The van der Waals surface area contributed by atoms with Gasteiger partial charge in [-0.25, -0.2) is 4.79 Å². The first-order valence-corrected chi connectivity index (χ1v) is 13.5. The smallest absolute Gasteiger partial charge is 0.380 e. The number of benzene rings is 2. The van der Waals surface area contributed by atoms with Crippen molar-refractivity contribution in [3.05, 3.63) is 70.4 Å². The summed E-state index contributed by atoms with van der Waals surface area (Å²) in [6, 6.07) is 13.6. The zero-order valence-electron chi connectivity index (χ0n) is 22.6. The number of rotatable bonds is 8. The van der Waals surface area contributed by atoms with Crippen LogP contribution in [0.25, 0.3) is 5.57 Å². The lowest BCUT2D eigenvalue weighted by atomic mass is 9.91. The maximum absolute atomic E-state index is 12.7. The van der Waals surface area contributed by atoms with Crippen LogP contribution in [0, 0.1) is 0 Å². The predicted octanol–water partition coefficient (Wildman–Crippen LogP) is 5.52. The van der Waals surface area contributed by atoms with Crippen LogP contribution >= 0.6 is 0 Å². The number of allylic oxidation sites excluding steroid dienone is 1. The Morgan fingerprint density at radius 2 is 1.84 bits per heavy atom. The number of hydrogen-bond donors (Lipinski definition) is 1. The molecule has 0 bridgehead atoms. The molecule has 6 nitrogen and oxygen atoms in total. The summed E-state index contributed by atoms with van der Waals surface area (Å²) in [4.78, 5) is 27.6. The lowest BCUT2D eigenvalue weighted by Crippen LogP contribution is -2.29. The van der Waals surface area contributed by atoms with Crippen LogP contribution < -0.4 is 10.5 Å². The predicted molar refractivity (Wildman–Crippen MR) is 147 cm³/mol. The monoisotopic (exact) mass is 504 g/mol. The number of aryl methyl sites for hydroxylation is 1. The lowest BCUT2D eigenvalue weighted by Gasteiger charge is -2.19. The number of esters is 1. The van der Waals surface area contributed by atoms with Gasteiger partial charge in [-0.1, -0.05) is 37.6 Å². The minimum atomic E-state index is -0.831. The van der Waals surface area contributed by atoms with E-state index in [9.17, 15) is 9.59 Å². The molecule has 1 aliphatic carbocycles. The van der Waals surface area contributed by atoms with Crippen molar-refractivity contribution < 1.29 is 19.1 Å². The van der Waals surface area contributed by atoms with Crippen LogP contribution in [-0.2, 0) is 16.0 Å². The first kappa shape index (κ1) is 26.9. The molecule has 2 N–H and O–H groups in total. The molecule has 1 unspecified atom stereocenters. The van der Waals surface area contributed by atoms with Crippen LogP contribution in [-0.4, -0.2) is 48.0 Å². The Morgan fingerprint density at radius 3 is 2.54 bits per heavy atom. The highest BCUT2D eigenvalue weighted by Crippen LogP contribution is 2.35. The quantitative estimate of drug-likeness (QED) is 0.290. The van der Waals surface area contributed by atoms with Crippen molar-refractivity contribution in [2.24, 2.45) is 5.73 Å². The lowest BCUT2D eigenvalue weighted by molar-refractivity contribution is -0.148. The van der Waals surface area contributed by atoms with Crippen LogP contribution in [0.1, 0.15) is 86.8 Å². The molecule has 2 aromatic carbocycles. The number of ketones is 1. The van der Waals surface area contributed by atoms with E-state index in [2.05, 4.69) is 24.0 Å². The Hall–Kier alpha value is -3.12. The highest BCUT2D eigenvalue weighted by Gasteiger charge is 2.26. The molecule has 1 atom stereocenters. The third kappa shape index (κ3) is 6.80. The largest absolute Gasteiger partial charge is 0.489 e. The number of Topliss-reactive ketones (excluding diaryl/α,β-unsaturated/α-hetero) is 1. The van der Waals surface area contributed by atoms with Gasteiger partial charge in [-0.15, -0.1) is 0 Å². The second-order valence-electron chi connectivity index (χ2n) is 11.2. The van der Waals surface area contributed by atoms with Crippen LogP contribution in [0.3, 0.4) is 0 Å². The summed E-state index contributed by atoms with van der Waals surface area (Å²) in [5.74, 6) is -0.581. The van der Waals surface area contributed by atoms with Crippen molar-refractivity contribution in [1.82, 2.24) is 4.90 Å². The van der Waals surface area contributed by atoms with E-state index in [1.807, 2.05) is 24.3 Å². The molecule has 198 valence electrons. The van der Waals surface area contributed by atoms with E-state index in [0.29, 0.717) is 5.56 Å². The molecule has 0 aromatic heterocycles. The normalized spacial score (nSPS) is 18.3. The number of likely N-dealkylation sites (tertiary alicyclic amines) is 1. The molecule has 1 heterocycles. The molecule has 0 amide bonds. The summed E-state index contributed by atoms with van der Waals surface area (Å²) >= 11 is 0. The number of carbonyl (C=O) groups is 2. The molecule has 1 fully saturated rings. The zero-order chi connectivity index (χ0) is 26.6. The number of ether oxygens (including phenoxy) is 2. The van der Waals surface area contributed by atoms with Crippen molar-refractivity contribution in [1.29, 1.82) is 0 Å². The van der Waals surface area contributed by atoms with Gasteiger partial charge in [-0.2, -0.15) is 0 Å². The Bertz CT molecular complexity index is 1160. The van der Waals surface area contributed by atoms with Gasteiger partial charge >= 0.3 is 5.97 Å². The summed E-state index contributed by atoms with van der Waals surface area (Å²) in [6.45, 7) is 10.7. The minimum Gasteiger partial charge on any atom is -0.489 e. The van der Waals surface area contributed by atoms with E-state index in [-0.39, 0.29) is 6.10 Å². The van der Waals surface area contributed by atoms with Crippen LogP contribution in [0.5, 0.6) is 5.75 Å². The Balaban J connectivity index is 1.51. The second-order valence-corrected chi connectivity index (χ2v) is 11.2. The average Bonchev–Trinajstić information content (AvgIpc) is 3.23. The minimum absolute atomic E-state index is 0.228. The van der Waals surface area contributed by atoms with E-state index < -0.39 is 17.4 Å². The molecular weight excluding hydrogens is 464 g/mol. The molecule has 6 heteroatoms. The Morgan fingerprint density at radius 1 is 1.08 bits per heavy atom. The molecular formula is C31H40N2O4. The number of nitrogens with two attached hydrogens (primary N) is 1. The van der Waals surface area contributed by atoms with Gasteiger partial charge in [0.2, 0.25) is 0 Å². The molecule has 1 saturated heterocycles. The van der Waals surface area contributed by atoms with Crippen molar-refractivity contribution in [3.63, 3.8) is 0 Å². The van der Waals surface area contributed by atoms with Gasteiger partial charge in [0.05, 0.1) is 0 Å². The van der Waals surface area contributed by atoms with Crippen molar-refractivity contribution in [3.8, 4) is 5.75 Å². The molecule has 0 spiro atoms. The van der Waals surface area contributed by atoms with E-state index in [4.69, 9.17) is 15.2 Å². The number of carbonyl (C=O) groups excluding carboxylic acids is 2. The van der Waals surface area contributed by atoms with Crippen molar-refractivity contribution >= 4 is 17.3 Å². The molecule has 2 aliphatic rings. The van der Waals surface area contributed by atoms with E-state index in [1.54, 1.807) is 26.8 Å². The maximum atomic E-state index is 12.7. The van der Waals surface area contributed by atoms with Gasteiger partial charge in [0.25, 0.3) is 5.78 Å².